The molecule has 1 aromatic heterocycles. The molecule has 0 N–H and O–H groups in total. The summed E-state index contributed by atoms with van der Waals surface area (Å²) in [6.45, 7) is -2.96. The van der Waals surface area contributed by atoms with E-state index in [9.17, 15) is 18.0 Å². The summed E-state index contributed by atoms with van der Waals surface area (Å²) < 4.78 is 42.9. The molecule has 0 saturated carbocycles. The highest BCUT2D eigenvalue weighted by molar-refractivity contribution is 6.02. The molecule has 2 rings (SSSR count). The van der Waals surface area contributed by atoms with E-state index in [0.717, 1.165) is 19.2 Å². The van der Waals surface area contributed by atoms with Gasteiger partial charge in [-0.2, -0.15) is 13.9 Å². The van der Waals surface area contributed by atoms with E-state index in [0.29, 0.717) is 0 Å². The molecular formula is C10H7F3N2O2. The zero-order chi connectivity index (χ0) is 12.6. The lowest BCUT2D eigenvalue weighted by Crippen LogP contribution is -2.05. The zero-order valence-electron chi connectivity index (χ0n) is 8.65. The number of hydrogen-bond donors (Lipinski definition) is 0. The van der Waals surface area contributed by atoms with Gasteiger partial charge in [-0.05, 0) is 12.1 Å². The molecule has 0 aliphatic carbocycles. The van der Waals surface area contributed by atoms with Crippen molar-refractivity contribution in [1.82, 2.24) is 9.78 Å². The molecule has 7 heteroatoms. The summed E-state index contributed by atoms with van der Waals surface area (Å²) in [4.78, 5) is 11.3. The summed E-state index contributed by atoms with van der Waals surface area (Å²) in [6, 6.07) is 3.16. The van der Waals surface area contributed by atoms with Crippen LogP contribution in [0.4, 0.5) is 13.2 Å². The number of halogens is 3. The molecule has 0 aliphatic rings. The van der Waals surface area contributed by atoms with Crippen LogP contribution in [-0.4, -0.2) is 22.9 Å². The Balaban J connectivity index is 2.75. The van der Waals surface area contributed by atoms with Crippen molar-refractivity contribution < 1.29 is 22.7 Å². The van der Waals surface area contributed by atoms with Crippen LogP contribution in [0.2, 0.25) is 0 Å². The first kappa shape index (κ1) is 11.4. The predicted molar refractivity (Wildman–Crippen MR) is 52.3 cm³/mol. The van der Waals surface area contributed by atoms with E-state index < -0.39 is 18.3 Å². The zero-order valence-corrected chi connectivity index (χ0v) is 8.65. The van der Waals surface area contributed by atoms with Gasteiger partial charge in [0, 0.05) is 11.5 Å². The van der Waals surface area contributed by atoms with Gasteiger partial charge in [-0.3, -0.25) is 0 Å². The number of benzene rings is 1. The van der Waals surface area contributed by atoms with Crippen molar-refractivity contribution in [3.05, 3.63) is 29.7 Å². The second kappa shape index (κ2) is 4.08. The third-order valence-corrected chi connectivity index (χ3v) is 2.23. The summed E-state index contributed by atoms with van der Waals surface area (Å²) >= 11 is 0. The van der Waals surface area contributed by atoms with E-state index in [2.05, 4.69) is 9.84 Å². The maximum Gasteiger partial charge on any atom is 0.359 e. The van der Waals surface area contributed by atoms with Gasteiger partial charge in [0.05, 0.1) is 12.6 Å². The highest BCUT2D eigenvalue weighted by atomic mass is 19.3. The molecule has 0 bridgehead atoms. The molecule has 0 unspecified atom stereocenters. The number of carbonyl (C=O) groups is 1. The van der Waals surface area contributed by atoms with Gasteiger partial charge in [-0.25, -0.2) is 13.9 Å². The molecule has 1 aromatic carbocycles. The van der Waals surface area contributed by atoms with Gasteiger partial charge >= 0.3 is 12.5 Å². The SMILES string of the molecule is COC(=O)c1nn(C(F)F)c2cc(F)ccc12. The van der Waals surface area contributed by atoms with Crippen molar-refractivity contribution in [3.63, 3.8) is 0 Å². The van der Waals surface area contributed by atoms with Gasteiger partial charge in [-0.15, -0.1) is 0 Å². The molecule has 0 fully saturated rings. The second-order valence-corrected chi connectivity index (χ2v) is 3.22. The van der Waals surface area contributed by atoms with Crippen LogP contribution in [0.25, 0.3) is 10.9 Å². The van der Waals surface area contributed by atoms with Crippen molar-refractivity contribution in [2.45, 2.75) is 6.55 Å². The van der Waals surface area contributed by atoms with Crippen LogP contribution in [0.5, 0.6) is 0 Å². The number of carbonyl (C=O) groups excluding carboxylic acids is 1. The Morgan fingerprint density at radius 3 is 2.76 bits per heavy atom. The number of hydrogen-bond acceptors (Lipinski definition) is 3. The molecule has 0 aliphatic heterocycles. The fourth-order valence-corrected chi connectivity index (χ4v) is 1.51. The number of methoxy groups -OCH3 is 1. The lowest BCUT2D eigenvalue weighted by Gasteiger charge is -1.99. The minimum absolute atomic E-state index is 0.124. The van der Waals surface area contributed by atoms with Crippen LogP contribution in [0, 0.1) is 5.82 Å². The predicted octanol–water partition coefficient (Wildman–Crippen LogP) is 2.36. The average molecular weight is 244 g/mol. The summed E-state index contributed by atoms with van der Waals surface area (Å²) in [5.41, 5.74) is -0.414. The molecule has 0 atom stereocenters. The number of aromatic nitrogens is 2. The number of nitrogens with zero attached hydrogens (tertiary/aromatic N) is 2. The Hall–Kier alpha value is -2.05. The standard InChI is InChI=1S/C10H7F3N2O2/c1-17-9(16)8-6-3-2-5(11)4-7(6)15(14-8)10(12)13/h2-4,10H,1H3. The lowest BCUT2D eigenvalue weighted by molar-refractivity contribution is 0.0545. The molecule has 17 heavy (non-hydrogen) atoms. The second-order valence-electron chi connectivity index (χ2n) is 3.22. The normalized spacial score (nSPS) is 11.1. The largest absolute Gasteiger partial charge is 0.464 e. The molecule has 1 heterocycles. The molecular weight excluding hydrogens is 237 g/mol. The molecule has 0 spiro atoms. The molecule has 0 saturated heterocycles. The lowest BCUT2D eigenvalue weighted by atomic mass is 10.2. The Morgan fingerprint density at radius 2 is 2.18 bits per heavy atom. The topological polar surface area (TPSA) is 44.1 Å². The first-order valence-electron chi connectivity index (χ1n) is 4.59. The molecule has 2 aromatic rings. The number of fused-ring (bicyclic) bond motifs is 1. The first-order valence-corrected chi connectivity index (χ1v) is 4.59. The van der Waals surface area contributed by atoms with E-state index in [1.54, 1.807) is 0 Å². The molecule has 0 amide bonds. The van der Waals surface area contributed by atoms with Crippen molar-refractivity contribution in [1.29, 1.82) is 0 Å². The van der Waals surface area contributed by atoms with E-state index in [4.69, 9.17) is 0 Å². The van der Waals surface area contributed by atoms with Gasteiger partial charge in [-0.1, -0.05) is 0 Å². The van der Waals surface area contributed by atoms with Crippen molar-refractivity contribution in [3.8, 4) is 0 Å². The monoisotopic (exact) mass is 244 g/mol. The van der Waals surface area contributed by atoms with E-state index >= 15 is 0 Å². The van der Waals surface area contributed by atoms with Gasteiger partial charge in [0.15, 0.2) is 5.69 Å². The maximum absolute atomic E-state index is 13.0. The summed E-state index contributed by atoms with van der Waals surface area (Å²) in [7, 11) is 1.11. The van der Waals surface area contributed by atoms with Crippen molar-refractivity contribution >= 4 is 16.9 Å². The highest BCUT2D eigenvalue weighted by Crippen LogP contribution is 2.24. The summed E-state index contributed by atoms with van der Waals surface area (Å²) in [5, 5.41) is 3.55. The molecule has 4 nitrogen and oxygen atoms in total. The minimum Gasteiger partial charge on any atom is -0.464 e. The maximum atomic E-state index is 13.0. The number of alkyl halides is 2. The van der Waals surface area contributed by atoms with Gasteiger partial charge in [0.25, 0.3) is 0 Å². The van der Waals surface area contributed by atoms with Crippen LogP contribution in [-0.2, 0) is 4.74 Å². The Morgan fingerprint density at radius 1 is 1.47 bits per heavy atom. The van der Waals surface area contributed by atoms with Crippen LogP contribution >= 0.6 is 0 Å². The smallest absolute Gasteiger partial charge is 0.359 e. The fraction of sp³-hybridized carbons (Fsp3) is 0.200. The minimum atomic E-state index is -2.96. The molecule has 0 radical (unpaired) electrons. The van der Waals surface area contributed by atoms with E-state index in [-0.39, 0.29) is 21.3 Å². The van der Waals surface area contributed by atoms with E-state index in [1.807, 2.05) is 0 Å². The number of ether oxygens (including phenoxy) is 1. The number of esters is 1. The fourth-order valence-electron chi connectivity index (χ4n) is 1.51. The van der Waals surface area contributed by atoms with Gasteiger partial charge in [0.2, 0.25) is 0 Å². The van der Waals surface area contributed by atoms with Crippen LogP contribution in [0.3, 0.4) is 0 Å². The third kappa shape index (κ3) is 1.83. The highest BCUT2D eigenvalue weighted by Gasteiger charge is 2.21. The van der Waals surface area contributed by atoms with Crippen molar-refractivity contribution in [2.24, 2.45) is 0 Å². The average Bonchev–Trinajstić information content (AvgIpc) is 2.66. The van der Waals surface area contributed by atoms with Gasteiger partial charge in [0.1, 0.15) is 5.82 Å². The van der Waals surface area contributed by atoms with Crippen LogP contribution < -0.4 is 0 Å². The Labute approximate surface area is 93.6 Å². The molecule has 90 valence electrons. The van der Waals surface area contributed by atoms with Crippen LogP contribution in [0.15, 0.2) is 18.2 Å². The Bertz CT molecular complexity index is 580. The van der Waals surface area contributed by atoms with Crippen molar-refractivity contribution in [2.75, 3.05) is 7.11 Å². The summed E-state index contributed by atoms with van der Waals surface area (Å²) in [5.74, 6) is -1.53. The van der Waals surface area contributed by atoms with Gasteiger partial charge < -0.3 is 4.74 Å². The summed E-state index contributed by atoms with van der Waals surface area (Å²) in [6.07, 6.45) is 0. The van der Waals surface area contributed by atoms with E-state index in [1.165, 1.54) is 6.07 Å². The third-order valence-electron chi connectivity index (χ3n) is 2.23. The van der Waals surface area contributed by atoms with Crippen LogP contribution in [0.1, 0.15) is 17.0 Å². The quantitative estimate of drug-likeness (QED) is 0.761. The Kier molecular flexibility index (Phi) is 2.74. The number of rotatable bonds is 2. The first-order chi connectivity index (χ1) is 8.04.